The third-order valence-electron chi connectivity index (χ3n) is 3.66. The molecule has 1 heterocycles. The van der Waals surface area contributed by atoms with Crippen LogP contribution in [0.3, 0.4) is 0 Å². The molecule has 2 rings (SSSR count). The van der Waals surface area contributed by atoms with Crippen LogP contribution in [-0.4, -0.2) is 30.4 Å². The molecule has 1 fully saturated rings. The lowest BCUT2D eigenvalue weighted by atomic mass is 9.93. The molecule has 3 nitrogen and oxygen atoms in total. The molecule has 0 atom stereocenters. The molecule has 0 unspecified atom stereocenters. The zero-order valence-electron chi connectivity index (χ0n) is 10.7. The first-order chi connectivity index (χ1) is 9.13. The van der Waals surface area contributed by atoms with Gasteiger partial charge >= 0.3 is 0 Å². The normalized spacial score (nSPS) is 16.7. The molecule has 0 aromatic heterocycles. The first-order valence-electron chi connectivity index (χ1n) is 6.57. The number of likely N-dealkylation sites (tertiary alicyclic amines) is 1. The fourth-order valence-corrected chi connectivity index (χ4v) is 2.67. The Morgan fingerprint density at radius 3 is 2.74 bits per heavy atom. The quantitative estimate of drug-likeness (QED) is 0.927. The predicted octanol–water partition coefficient (Wildman–Crippen LogP) is 2.68. The Labute approximate surface area is 117 Å². The highest BCUT2D eigenvalue weighted by Crippen LogP contribution is 2.24. The maximum Gasteiger partial charge on any atom is 0.256 e. The Morgan fingerprint density at radius 2 is 2.11 bits per heavy atom. The van der Waals surface area contributed by atoms with Crippen LogP contribution < -0.4 is 5.73 Å². The lowest BCUT2D eigenvalue weighted by Gasteiger charge is -2.32. The second kappa shape index (κ2) is 6.35. The van der Waals surface area contributed by atoms with Crippen LogP contribution in [0.25, 0.3) is 0 Å². The van der Waals surface area contributed by atoms with Crippen molar-refractivity contribution in [3.63, 3.8) is 0 Å². The summed E-state index contributed by atoms with van der Waals surface area (Å²) in [4.78, 5) is 13.9. The van der Waals surface area contributed by atoms with Crippen molar-refractivity contribution in [1.82, 2.24) is 4.90 Å². The lowest BCUT2D eigenvalue weighted by molar-refractivity contribution is 0.0683. The van der Waals surface area contributed by atoms with Crippen molar-refractivity contribution in [3.8, 4) is 0 Å². The summed E-state index contributed by atoms with van der Waals surface area (Å²) < 4.78 is 13.8. The van der Waals surface area contributed by atoms with Gasteiger partial charge in [0.05, 0.1) is 10.6 Å². The zero-order valence-corrected chi connectivity index (χ0v) is 11.5. The number of hydrogen-bond acceptors (Lipinski definition) is 2. The van der Waals surface area contributed by atoms with Crippen LogP contribution in [0.1, 0.15) is 29.6 Å². The maximum atomic E-state index is 13.8. The van der Waals surface area contributed by atoms with Gasteiger partial charge in [-0.1, -0.05) is 17.7 Å². The first kappa shape index (κ1) is 14.3. The molecule has 0 bridgehead atoms. The molecule has 0 spiro atoms. The van der Waals surface area contributed by atoms with Crippen LogP contribution in [0.5, 0.6) is 0 Å². The number of rotatable bonds is 3. The van der Waals surface area contributed by atoms with Gasteiger partial charge in [0.1, 0.15) is 0 Å². The van der Waals surface area contributed by atoms with Crippen LogP contribution in [-0.2, 0) is 0 Å². The van der Waals surface area contributed by atoms with E-state index in [-0.39, 0.29) is 16.5 Å². The molecule has 104 valence electrons. The Kier molecular flexibility index (Phi) is 4.77. The van der Waals surface area contributed by atoms with Crippen molar-refractivity contribution in [2.45, 2.75) is 19.3 Å². The van der Waals surface area contributed by atoms with Crippen molar-refractivity contribution >= 4 is 17.5 Å². The number of nitrogens with zero attached hydrogens (tertiary/aromatic N) is 1. The Hall–Kier alpha value is -1.13. The maximum absolute atomic E-state index is 13.8. The largest absolute Gasteiger partial charge is 0.339 e. The molecular formula is C14H18ClFN2O. The number of nitrogens with two attached hydrogens (primary N) is 1. The fraction of sp³-hybridized carbons (Fsp3) is 0.500. The highest BCUT2D eigenvalue weighted by atomic mass is 35.5. The molecule has 1 aliphatic rings. The summed E-state index contributed by atoms with van der Waals surface area (Å²) in [5.74, 6) is -0.317. The van der Waals surface area contributed by atoms with E-state index in [0.29, 0.717) is 25.6 Å². The minimum Gasteiger partial charge on any atom is -0.339 e. The average molecular weight is 285 g/mol. The van der Waals surface area contributed by atoms with Gasteiger partial charge in [-0.05, 0) is 43.9 Å². The number of hydrogen-bond donors (Lipinski definition) is 1. The molecule has 1 amide bonds. The summed E-state index contributed by atoms with van der Waals surface area (Å²) >= 11 is 5.70. The third-order valence-corrected chi connectivity index (χ3v) is 3.95. The van der Waals surface area contributed by atoms with Crippen LogP contribution in [0.15, 0.2) is 18.2 Å². The monoisotopic (exact) mass is 284 g/mol. The summed E-state index contributed by atoms with van der Waals surface area (Å²) in [7, 11) is 0. The van der Waals surface area contributed by atoms with Crippen LogP contribution in [0.2, 0.25) is 5.02 Å². The van der Waals surface area contributed by atoms with Gasteiger partial charge in [0, 0.05) is 13.1 Å². The van der Waals surface area contributed by atoms with E-state index >= 15 is 0 Å². The number of carbonyl (C=O) groups is 1. The van der Waals surface area contributed by atoms with Crippen LogP contribution >= 0.6 is 11.6 Å². The molecule has 1 aromatic rings. The van der Waals surface area contributed by atoms with E-state index in [9.17, 15) is 9.18 Å². The molecule has 1 aliphatic heterocycles. The van der Waals surface area contributed by atoms with Gasteiger partial charge in [-0.15, -0.1) is 0 Å². The standard InChI is InChI=1S/C14H18ClFN2O/c15-12-3-1-2-11(13(12)16)14(19)18-8-5-10(4-7-17)6-9-18/h1-3,10H,4-9,17H2. The summed E-state index contributed by atoms with van der Waals surface area (Å²) in [6.45, 7) is 2.01. The van der Waals surface area contributed by atoms with Gasteiger partial charge in [-0.25, -0.2) is 4.39 Å². The van der Waals surface area contributed by atoms with Crippen molar-refractivity contribution < 1.29 is 9.18 Å². The van der Waals surface area contributed by atoms with Crippen molar-refractivity contribution in [2.24, 2.45) is 11.7 Å². The molecule has 19 heavy (non-hydrogen) atoms. The summed E-state index contributed by atoms with van der Waals surface area (Å²) in [6, 6.07) is 4.52. The smallest absolute Gasteiger partial charge is 0.256 e. The van der Waals surface area contributed by atoms with Gasteiger partial charge in [0.25, 0.3) is 5.91 Å². The molecule has 2 N–H and O–H groups in total. The Bertz CT molecular complexity index is 459. The second-order valence-electron chi connectivity index (χ2n) is 4.91. The van der Waals surface area contributed by atoms with E-state index in [4.69, 9.17) is 17.3 Å². The van der Waals surface area contributed by atoms with E-state index < -0.39 is 5.82 Å². The van der Waals surface area contributed by atoms with Crippen molar-refractivity contribution in [2.75, 3.05) is 19.6 Å². The second-order valence-corrected chi connectivity index (χ2v) is 5.32. The molecule has 1 saturated heterocycles. The molecule has 0 aliphatic carbocycles. The summed E-state index contributed by atoms with van der Waals surface area (Å²) in [6.07, 6.45) is 2.86. The number of piperidine rings is 1. The minimum absolute atomic E-state index is 0.0103. The molecule has 1 aromatic carbocycles. The molecule has 5 heteroatoms. The molecule has 0 radical (unpaired) electrons. The zero-order chi connectivity index (χ0) is 13.8. The van der Waals surface area contributed by atoms with Crippen LogP contribution in [0, 0.1) is 11.7 Å². The van der Waals surface area contributed by atoms with Gasteiger partial charge in [0.2, 0.25) is 0 Å². The Morgan fingerprint density at radius 1 is 1.42 bits per heavy atom. The lowest BCUT2D eigenvalue weighted by Crippen LogP contribution is -2.39. The topological polar surface area (TPSA) is 46.3 Å². The van der Waals surface area contributed by atoms with E-state index in [1.807, 2.05) is 0 Å². The van der Waals surface area contributed by atoms with Crippen molar-refractivity contribution in [3.05, 3.63) is 34.6 Å². The van der Waals surface area contributed by atoms with Gasteiger partial charge in [-0.3, -0.25) is 4.79 Å². The number of halogens is 2. The number of amides is 1. The van der Waals surface area contributed by atoms with E-state index in [1.165, 1.54) is 12.1 Å². The molecular weight excluding hydrogens is 267 g/mol. The number of benzene rings is 1. The summed E-state index contributed by atoms with van der Waals surface area (Å²) in [5, 5.41) is -0.0103. The first-order valence-corrected chi connectivity index (χ1v) is 6.94. The fourth-order valence-electron chi connectivity index (χ4n) is 2.50. The van der Waals surface area contributed by atoms with E-state index in [2.05, 4.69) is 0 Å². The van der Waals surface area contributed by atoms with Crippen molar-refractivity contribution in [1.29, 1.82) is 0 Å². The Balaban J connectivity index is 2.03. The minimum atomic E-state index is -0.627. The highest BCUT2D eigenvalue weighted by molar-refractivity contribution is 6.31. The van der Waals surface area contributed by atoms with Crippen LogP contribution in [0.4, 0.5) is 4.39 Å². The number of carbonyl (C=O) groups excluding carboxylic acids is 1. The predicted molar refractivity (Wildman–Crippen MR) is 73.7 cm³/mol. The van der Waals surface area contributed by atoms with E-state index in [1.54, 1.807) is 11.0 Å². The average Bonchev–Trinajstić information content (AvgIpc) is 2.42. The summed E-state index contributed by atoms with van der Waals surface area (Å²) in [5.41, 5.74) is 5.60. The SMILES string of the molecule is NCCC1CCN(C(=O)c2cccc(Cl)c2F)CC1. The third kappa shape index (κ3) is 3.25. The highest BCUT2D eigenvalue weighted by Gasteiger charge is 2.25. The van der Waals surface area contributed by atoms with Gasteiger partial charge in [-0.2, -0.15) is 0 Å². The molecule has 0 saturated carbocycles. The van der Waals surface area contributed by atoms with E-state index in [0.717, 1.165) is 19.3 Å². The van der Waals surface area contributed by atoms with Gasteiger partial charge in [0.15, 0.2) is 5.82 Å². The van der Waals surface area contributed by atoms with Gasteiger partial charge < -0.3 is 10.6 Å².